The van der Waals surface area contributed by atoms with Crippen molar-refractivity contribution in [1.82, 2.24) is 13.9 Å². The van der Waals surface area contributed by atoms with Crippen molar-refractivity contribution in [3.63, 3.8) is 0 Å². The number of rotatable bonds is 3. The molecule has 0 saturated carbocycles. The van der Waals surface area contributed by atoms with Crippen molar-refractivity contribution >= 4 is 10.2 Å². The fourth-order valence-corrected chi connectivity index (χ4v) is 4.18. The second kappa shape index (κ2) is 6.27. The summed E-state index contributed by atoms with van der Waals surface area (Å²) in [5.74, 6) is 0. The van der Waals surface area contributed by atoms with E-state index in [1.54, 1.807) is 0 Å². The lowest BCUT2D eigenvalue weighted by molar-refractivity contribution is 0.0713. The maximum absolute atomic E-state index is 12.3. The molecule has 2 saturated heterocycles. The van der Waals surface area contributed by atoms with E-state index < -0.39 is 10.2 Å². The lowest BCUT2D eigenvalue weighted by Crippen LogP contribution is -2.54. The molecule has 0 aromatic rings. The Labute approximate surface area is 122 Å². The lowest BCUT2D eigenvalue weighted by atomic mass is 9.99. The summed E-state index contributed by atoms with van der Waals surface area (Å²) in [7, 11) is -3.35. The highest BCUT2D eigenvalue weighted by Crippen LogP contribution is 2.20. The van der Waals surface area contributed by atoms with Crippen molar-refractivity contribution in [1.29, 1.82) is 0 Å². The van der Waals surface area contributed by atoms with E-state index in [1.807, 2.05) is 0 Å². The van der Waals surface area contributed by atoms with Gasteiger partial charge in [0.25, 0.3) is 10.2 Å². The summed E-state index contributed by atoms with van der Waals surface area (Å²) in [6.45, 7) is 10.4. The smallest absolute Gasteiger partial charge is 0.279 e. The van der Waals surface area contributed by atoms with Crippen molar-refractivity contribution in [2.75, 3.05) is 39.4 Å². The molecular formula is C13H27N3O3S. The average molecular weight is 305 g/mol. The van der Waals surface area contributed by atoms with Crippen LogP contribution in [0.25, 0.3) is 0 Å². The van der Waals surface area contributed by atoms with Crippen LogP contribution in [0.2, 0.25) is 0 Å². The number of hydrogen-bond donors (Lipinski definition) is 1. The molecule has 20 heavy (non-hydrogen) atoms. The SMILES string of the molecule is CC(C)(C)N1CCC(NS(=O)(=O)N2CCOCC2)CC1. The molecule has 0 spiro atoms. The van der Waals surface area contributed by atoms with Crippen LogP contribution in [0.3, 0.4) is 0 Å². The van der Waals surface area contributed by atoms with Crippen LogP contribution in [0.1, 0.15) is 33.6 Å². The van der Waals surface area contributed by atoms with Crippen LogP contribution < -0.4 is 4.72 Å². The molecule has 118 valence electrons. The topological polar surface area (TPSA) is 61.9 Å². The largest absolute Gasteiger partial charge is 0.379 e. The average Bonchev–Trinajstić information content (AvgIpc) is 2.39. The van der Waals surface area contributed by atoms with Gasteiger partial charge in [0.2, 0.25) is 0 Å². The zero-order chi connectivity index (χ0) is 14.8. The van der Waals surface area contributed by atoms with Crippen LogP contribution in [0, 0.1) is 0 Å². The van der Waals surface area contributed by atoms with E-state index in [0.717, 1.165) is 25.9 Å². The number of ether oxygens (including phenoxy) is 1. The molecule has 0 aliphatic carbocycles. The van der Waals surface area contributed by atoms with Gasteiger partial charge in [0, 0.05) is 37.8 Å². The molecule has 2 rings (SSSR count). The summed E-state index contributed by atoms with van der Waals surface area (Å²) in [4.78, 5) is 2.41. The van der Waals surface area contributed by atoms with Gasteiger partial charge in [0.05, 0.1) is 13.2 Å². The van der Waals surface area contributed by atoms with E-state index >= 15 is 0 Å². The zero-order valence-electron chi connectivity index (χ0n) is 12.8. The Morgan fingerprint density at radius 3 is 2.10 bits per heavy atom. The number of nitrogens with one attached hydrogen (secondary N) is 1. The molecule has 6 nitrogen and oxygen atoms in total. The number of likely N-dealkylation sites (tertiary alicyclic amines) is 1. The third-order valence-corrected chi connectivity index (χ3v) is 5.75. The first kappa shape index (κ1) is 16.2. The van der Waals surface area contributed by atoms with Gasteiger partial charge in [-0.2, -0.15) is 17.4 Å². The summed E-state index contributed by atoms with van der Waals surface area (Å²) < 4.78 is 34.1. The van der Waals surface area contributed by atoms with Gasteiger partial charge in [-0.25, -0.2) is 0 Å². The predicted octanol–water partition coefficient (Wildman–Crippen LogP) is 0.416. The molecule has 2 aliphatic rings. The minimum atomic E-state index is -3.35. The predicted molar refractivity (Wildman–Crippen MR) is 78.8 cm³/mol. The second-order valence-corrected chi connectivity index (χ2v) is 8.27. The van der Waals surface area contributed by atoms with E-state index in [1.165, 1.54) is 4.31 Å². The van der Waals surface area contributed by atoms with Crippen LogP contribution >= 0.6 is 0 Å². The highest BCUT2D eigenvalue weighted by Gasteiger charge is 2.31. The molecule has 0 bridgehead atoms. The minimum absolute atomic E-state index is 0.0569. The zero-order valence-corrected chi connectivity index (χ0v) is 13.6. The van der Waals surface area contributed by atoms with Crippen molar-refractivity contribution in [2.24, 2.45) is 0 Å². The van der Waals surface area contributed by atoms with Crippen LogP contribution in [-0.4, -0.2) is 68.6 Å². The summed E-state index contributed by atoms with van der Waals surface area (Å²) >= 11 is 0. The van der Waals surface area contributed by atoms with E-state index in [4.69, 9.17) is 4.74 Å². The Bertz CT molecular complexity index is 405. The van der Waals surface area contributed by atoms with E-state index in [-0.39, 0.29) is 11.6 Å². The van der Waals surface area contributed by atoms with Crippen LogP contribution in [0.15, 0.2) is 0 Å². The Balaban J connectivity index is 1.85. The third-order valence-electron chi connectivity index (χ3n) is 4.07. The maximum Gasteiger partial charge on any atom is 0.279 e. The molecule has 0 amide bonds. The molecular weight excluding hydrogens is 278 g/mol. The van der Waals surface area contributed by atoms with Gasteiger partial charge < -0.3 is 4.74 Å². The fourth-order valence-electron chi connectivity index (χ4n) is 2.74. The summed E-state index contributed by atoms with van der Waals surface area (Å²) in [6.07, 6.45) is 1.75. The molecule has 2 aliphatic heterocycles. The molecule has 0 aromatic carbocycles. The first-order valence-electron chi connectivity index (χ1n) is 7.39. The lowest BCUT2D eigenvalue weighted by Gasteiger charge is -2.41. The molecule has 2 fully saturated rings. The standard InChI is InChI=1S/C13H27N3O3S/c1-13(2,3)15-6-4-12(5-7-15)14-20(17,18)16-8-10-19-11-9-16/h12,14H,4-11H2,1-3H3. The van der Waals surface area contributed by atoms with Crippen molar-refractivity contribution in [3.8, 4) is 0 Å². The second-order valence-electron chi connectivity index (χ2n) is 6.57. The van der Waals surface area contributed by atoms with E-state index in [2.05, 4.69) is 30.4 Å². The quantitative estimate of drug-likeness (QED) is 0.821. The number of piperidine rings is 1. The van der Waals surface area contributed by atoms with Gasteiger partial charge in [-0.1, -0.05) is 0 Å². The first-order valence-corrected chi connectivity index (χ1v) is 8.83. The normalized spacial score (nSPS) is 24.9. The van der Waals surface area contributed by atoms with Gasteiger partial charge in [-0.05, 0) is 33.6 Å². The number of hydrogen-bond acceptors (Lipinski definition) is 4. The fraction of sp³-hybridized carbons (Fsp3) is 1.00. The van der Waals surface area contributed by atoms with Crippen LogP contribution in [-0.2, 0) is 14.9 Å². The molecule has 0 radical (unpaired) electrons. The Hall–Kier alpha value is -0.210. The van der Waals surface area contributed by atoms with Crippen LogP contribution in [0.4, 0.5) is 0 Å². The molecule has 0 atom stereocenters. The third kappa shape index (κ3) is 4.14. The number of nitrogens with zero attached hydrogens (tertiary/aromatic N) is 2. The first-order chi connectivity index (χ1) is 9.29. The van der Waals surface area contributed by atoms with E-state index in [9.17, 15) is 8.42 Å². The van der Waals surface area contributed by atoms with Crippen molar-refractivity contribution < 1.29 is 13.2 Å². The van der Waals surface area contributed by atoms with Crippen molar-refractivity contribution in [2.45, 2.75) is 45.2 Å². The molecule has 0 unspecified atom stereocenters. The summed E-state index contributed by atoms with van der Waals surface area (Å²) in [5.41, 5.74) is 0.161. The van der Waals surface area contributed by atoms with Gasteiger partial charge in [-0.3, -0.25) is 4.90 Å². The van der Waals surface area contributed by atoms with Crippen LogP contribution in [0.5, 0.6) is 0 Å². The number of morpholine rings is 1. The maximum atomic E-state index is 12.3. The highest BCUT2D eigenvalue weighted by molar-refractivity contribution is 7.87. The molecule has 2 heterocycles. The van der Waals surface area contributed by atoms with Gasteiger partial charge in [-0.15, -0.1) is 0 Å². The van der Waals surface area contributed by atoms with Gasteiger partial charge >= 0.3 is 0 Å². The Morgan fingerprint density at radius 2 is 1.60 bits per heavy atom. The van der Waals surface area contributed by atoms with E-state index in [0.29, 0.717) is 26.3 Å². The summed E-state index contributed by atoms with van der Waals surface area (Å²) in [6, 6.07) is 0.0569. The highest BCUT2D eigenvalue weighted by atomic mass is 32.2. The van der Waals surface area contributed by atoms with Gasteiger partial charge in [0.1, 0.15) is 0 Å². The minimum Gasteiger partial charge on any atom is -0.379 e. The Kier molecular flexibility index (Phi) is 5.07. The summed E-state index contributed by atoms with van der Waals surface area (Å²) in [5, 5.41) is 0. The molecule has 0 aromatic heterocycles. The van der Waals surface area contributed by atoms with Gasteiger partial charge in [0.15, 0.2) is 0 Å². The van der Waals surface area contributed by atoms with Crippen molar-refractivity contribution in [3.05, 3.63) is 0 Å². The molecule has 7 heteroatoms. The Morgan fingerprint density at radius 1 is 1.05 bits per heavy atom. The monoisotopic (exact) mass is 305 g/mol. The molecule has 1 N–H and O–H groups in total.